The molecule has 1 aliphatic heterocycles. The number of anilines is 1. The van der Waals surface area contributed by atoms with Crippen molar-refractivity contribution in [2.45, 2.75) is 12.5 Å². The van der Waals surface area contributed by atoms with E-state index >= 15 is 0 Å². The number of carboxylic acid groups (broad SMARTS) is 1. The first-order chi connectivity index (χ1) is 7.99. The number of aliphatic carboxylic acids is 1. The Labute approximate surface area is 96.4 Å². The highest BCUT2D eigenvalue weighted by Crippen LogP contribution is 2.24. The van der Waals surface area contributed by atoms with Gasteiger partial charge in [-0.3, -0.25) is 14.4 Å². The summed E-state index contributed by atoms with van der Waals surface area (Å²) in [5.74, 6) is -2.38. The minimum Gasteiger partial charge on any atom is -0.480 e. The van der Waals surface area contributed by atoms with Crippen LogP contribution in [0.15, 0.2) is 18.2 Å². The van der Waals surface area contributed by atoms with E-state index in [2.05, 4.69) is 5.32 Å². The molecule has 0 aliphatic carbocycles. The number of carbonyl (C=O) groups is 3. The molecule has 2 rings (SSSR count). The number of hydrogen-bond acceptors (Lipinski definition) is 4. The van der Waals surface area contributed by atoms with E-state index in [1.165, 1.54) is 6.07 Å². The van der Waals surface area contributed by atoms with Crippen LogP contribution in [-0.4, -0.2) is 28.8 Å². The fraction of sp³-hybridized carbons (Fsp3) is 0.182. The summed E-state index contributed by atoms with van der Waals surface area (Å²) in [6.45, 7) is 0. The van der Waals surface area contributed by atoms with Gasteiger partial charge in [-0.05, 0) is 24.1 Å². The second-order valence-corrected chi connectivity index (χ2v) is 3.81. The number of benzene rings is 1. The zero-order chi connectivity index (χ0) is 12.6. The third-order valence-corrected chi connectivity index (χ3v) is 2.56. The van der Waals surface area contributed by atoms with Gasteiger partial charge in [0.1, 0.15) is 6.04 Å². The lowest BCUT2D eigenvalue weighted by Crippen LogP contribution is -2.32. The summed E-state index contributed by atoms with van der Waals surface area (Å²) in [7, 11) is 0. The maximum absolute atomic E-state index is 11.4. The monoisotopic (exact) mass is 234 g/mol. The Kier molecular flexibility index (Phi) is 2.64. The van der Waals surface area contributed by atoms with Crippen LogP contribution in [0.25, 0.3) is 0 Å². The number of carboxylic acids is 1. The van der Waals surface area contributed by atoms with Crippen molar-refractivity contribution < 1.29 is 19.5 Å². The summed E-state index contributed by atoms with van der Waals surface area (Å²) in [4.78, 5) is 33.1. The van der Waals surface area contributed by atoms with Gasteiger partial charge >= 0.3 is 5.97 Å². The summed E-state index contributed by atoms with van der Waals surface area (Å²) in [5.41, 5.74) is 6.72. The summed E-state index contributed by atoms with van der Waals surface area (Å²) in [6, 6.07) is 3.69. The number of nitrogens with two attached hydrogens (primary N) is 1. The predicted octanol–water partition coefficient (Wildman–Crippen LogP) is -0.224. The normalized spacial score (nSPS) is 15.4. The largest absolute Gasteiger partial charge is 0.480 e. The van der Waals surface area contributed by atoms with Gasteiger partial charge in [-0.2, -0.15) is 0 Å². The molecular weight excluding hydrogens is 224 g/mol. The highest BCUT2D eigenvalue weighted by molar-refractivity contribution is 6.51. The second kappa shape index (κ2) is 3.99. The number of ketones is 1. The molecule has 0 aromatic heterocycles. The van der Waals surface area contributed by atoms with Gasteiger partial charge < -0.3 is 16.2 Å². The summed E-state index contributed by atoms with van der Waals surface area (Å²) >= 11 is 0. The molecular formula is C11H10N2O4. The lowest BCUT2D eigenvalue weighted by molar-refractivity contribution is -0.138. The number of nitrogens with one attached hydrogen (secondary N) is 1. The van der Waals surface area contributed by atoms with Crippen molar-refractivity contribution in [2.75, 3.05) is 5.32 Å². The minimum atomic E-state index is -1.11. The zero-order valence-electron chi connectivity index (χ0n) is 8.77. The molecule has 0 saturated heterocycles. The number of fused-ring (bicyclic) bond motifs is 1. The van der Waals surface area contributed by atoms with Gasteiger partial charge in [0.2, 0.25) is 0 Å². The van der Waals surface area contributed by atoms with Crippen molar-refractivity contribution in [1.29, 1.82) is 0 Å². The Bertz CT molecular complexity index is 524. The van der Waals surface area contributed by atoms with Gasteiger partial charge in [0, 0.05) is 0 Å². The topological polar surface area (TPSA) is 109 Å². The molecule has 6 heteroatoms. The van der Waals surface area contributed by atoms with E-state index in [0.717, 1.165) is 0 Å². The van der Waals surface area contributed by atoms with Crippen molar-refractivity contribution in [3.8, 4) is 0 Å². The molecule has 6 nitrogen and oxygen atoms in total. The summed E-state index contributed by atoms with van der Waals surface area (Å²) < 4.78 is 0. The van der Waals surface area contributed by atoms with Gasteiger partial charge in [-0.15, -0.1) is 0 Å². The molecule has 1 aromatic carbocycles. The third kappa shape index (κ3) is 2.02. The van der Waals surface area contributed by atoms with Crippen LogP contribution in [0.3, 0.4) is 0 Å². The minimum absolute atomic E-state index is 0.115. The first-order valence-corrected chi connectivity index (χ1v) is 4.96. The second-order valence-electron chi connectivity index (χ2n) is 3.81. The fourth-order valence-electron chi connectivity index (χ4n) is 1.66. The van der Waals surface area contributed by atoms with Crippen LogP contribution >= 0.6 is 0 Å². The SMILES string of the molecule is N[C@@H](Cc1ccc2c(c1)C(=O)C(=O)N2)C(=O)O. The molecule has 0 saturated carbocycles. The average molecular weight is 234 g/mol. The van der Waals surface area contributed by atoms with E-state index in [-0.39, 0.29) is 12.0 Å². The molecule has 1 atom stereocenters. The molecule has 17 heavy (non-hydrogen) atoms. The molecule has 4 N–H and O–H groups in total. The van der Waals surface area contributed by atoms with Crippen LogP contribution in [0, 0.1) is 0 Å². The van der Waals surface area contributed by atoms with Crippen molar-refractivity contribution in [1.82, 2.24) is 0 Å². The maximum atomic E-state index is 11.4. The van der Waals surface area contributed by atoms with Crippen LogP contribution in [0.1, 0.15) is 15.9 Å². The number of carbonyl (C=O) groups excluding carboxylic acids is 2. The quantitative estimate of drug-likeness (QED) is 0.626. The Morgan fingerprint density at radius 1 is 1.41 bits per heavy atom. The molecule has 0 fully saturated rings. The van der Waals surface area contributed by atoms with E-state index in [0.29, 0.717) is 11.3 Å². The molecule has 1 aliphatic rings. The van der Waals surface area contributed by atoms with E-state index in [4.69, 9.17) is 10.8 Å². The molecule has 0 unspecified atom stereocenters. The molecule has 1 heterocycles. The van der Waals surface area contributed by atoms with Crippen molar-refractivity contribution in [3.63, 3.8) is 0 Å². The molecule has 1 amide bonds. The summed E-state index contributed by atoms with van der Waals surface area (Å²) in [6.07, 6.45) is 0.115. The first kappa shape index (κ1) is 11.3. The van der Waals surface area contributed by atoms with Gasteiger partial charge in [0.15, 0.2) is 0 Å². The van der Waals surface area contributed by atoms with Crippen LogP contribution < -0.4 is 11.1 Å². The van der Waals surface area contributed by atoms with Crippen molar-refractivity contribution >= 4 is 23.3 Å². The smallest absolute Gasteiger partial charge is 0.320 e. The molecule has 1 aromatic rings. The van der Waals surface area contributed by atoms with E-state index in [9.17, 15) is 14.4 Å². The number of Topliss-reactive ketones (excluding diaryl/α,β-unsaturated/α-hetero) is 1. The molecule has 0 radical (unpaired) electrons. The van der Waals surface area contributed by atoms with Gasteiger partial charge in [0.05, 0.1) is 11.3 Å². The first-order valence-electron chi connectivity index (χ1n) is 4.96. The Morgan fingerprint density at radius 2 is 2.12 bits per heavy atom. The third-order valence-electron chi connectivity index (χ3n) is 2.56. The van der Waals surface area contributed by atoms with Crippen molar-refractivity contribution in [2.24, 2.45) is 5.73 Å². The molecule has 0 bridgehead atoms. The van der Waals surface area contributed by atoms with Crippen LogP contribution in [0.4, 0.5) is 5.69 Å². The van der Waals surface area contributed by atoms with E-state index < -0.39 is 23.7 Å². The fourth-order valence-corrected chi connectivity index (χ4v) is 1.66. The lowest BCUT2D eigenvalue weighted by Gasteiger charge is -2.07. The molecule has 0 spiro atoms. The highest BCUT2D eigenvalue weighted by Gasteiger charge is 2.28. The van der Waals surface area contributed by atoms with E-state index in [1.807, 2.05) is 0 Å². The van der Waals surface area contributed by atoms with Gasteiger partial charge in [-0.25, -0.2) is 0 Å². The number of rotatable bonds is 3. The van der Waals surface area contributed by atoms with Crippen molar-refractivity contribution in [3.05, 3.63) is 29.3 Å². The van der Waals surface area contributed by atoms with Crippen LogP contribution in [0.5, 0.6) is 0 Å². The Morgan fingerprint density at radius 3 is 2.76 bits per heavy atom. The molecule has 88 valence electrons. The number of amides is 1. The average Bonchev–Trinajstić information content (AvgIpc) is 2.55. The van der Waals surface area contributed by atoms with Gasteiger partial charge in [-0.1, -0.05) is 6.07 Å². The zero-order valence-corrected chi connectivity index (χ0v) is 8.77. The Balaban J connectivity index is 2.26. The lowest BCUT2D eigenvalue weighted by atomic mass is 10.0. The standard InChI is InChI=1S/C11H10N2O4/c12-7(11(16)17)4-5-1-2-8-6(3-5)9(14)10(15)13-8/h1-3,7H,4,12H2,(H,16,17)(H,13,14,15)/t7-/m0/s1. The number of hydrogen-bond donors (Lipinski definition) is 3. The van der Waals surface area contributed by atoms with Crippen LogP contribution in [-0.2, 0) is 16.0 Å². The van der Waals surface area contributed by atoms with Gasteiger partial charge in [0.25, 0.3) is 11.7 Å². The predicted molar refractivity (Wildman–Crippen MR) is 58.7 cm³/mol. The summed E-state index contributed by atoms with van der Waals surface area (Å²) in [5, 5.41) is 11.1. The highest BCUT2D eigenvalue weighted by atomic mass is 16.4. The Hall–Kier alpha value is -2.21. The van der Waals surface area contributed by atoms with E-state index in [1.54, 1.807) is 12.1 Å². The van der Waals surface area contributed by atoms with Crippen LogP contribution in [0.2, 0.25) is 0 Å². The maximum Gasteiger partial charge on any atom is 0.320 e.